The van der Waals surface area contributed by atoms with Crippen molar-refractivity contribution >= 4 is 11.6 Å². The first-order valence-corrected chi connectivity index (χ1v) is 11.0. The van der Waals surface area contributed by atoms with Gasteiger partial charge >= 0.3 is 0 Å². The molecule has 1 saturated carbocycles. The second-order valence-electron chi connectivity index (χ2n) is 8.69. The van der Waals surface area contributed by atoms with Crippen molar-refractivity contribution < 1.29 is 32.5 Å². The quantitative estimate of drug-likeness (QED) is 0.434. The molecule has 3 aromatic rings. The second-order valence-corrected chi connectivity index (χ2v) is 8.69. The van der Waals surface area contributed by atoms with Gasteiger partial charge in [-0.2, -0.15) is 0 Å². The van der Waals surface area contributed by atoms with Crippen molar-refractivity contribution in [2.45, 2.75) is 44.5 Å². The van der Waals surface area contributed by atoms with Crippen molar-refractivity contribution in [2.75, 3.05) is 5.32 Å². The maximum Gasteiger partial charge on any atom is 0.274 e. The predicted molar refractivity (Wildman–Crippen MR) is 127 cm³/mol. The summed E-state index contributed by atoms with van der Waals surface area (Å²) in [5, 5.41) is 12.9. The molecule has 4 N–H and O–H groups in total. The number of rotatable bonds is 5. The molecule has 4 atom stereocenters. The lowest BCUT2D eigenvalue weighted by atomic mass is 9.74. The molecule has 194 valence electrons. The summed E-state index contributed by atoms with van der Waals surface area (Å²) in [4.78, 5) is 21.1. The highest BCUT2D eigenvalue weighted by Gasteiger charge is 2.34. The number of aromatic nitrogens is 2. The van der Waals surface area contributed by atoms with Crippen LogP contribution >= 0.6 is 0 Å². The molecule has 0 spiro atoms. The van der Waals surface area contributed by atoms with Crippen LogP contribution in [0.15, 0.2) is 48.8 Å². The van der Waals surface area contributed by atoms with Gasteiger partial charge in [-0.25, -0.2) is 18.2 Å². The second kappa shape index (κ2) is 12.0. The van der Waals surface area contributed by atoms with Crippen molar-refractivity contribution in [1.82, 2.24) is 9.97 Å². The number of hydrogen-bond acceptors (Lipinski definition) is 5. The van der Waals surface area contributed by atoms with E-state index in [4.69, 9.17) is 5.73 Å². The smallest absolute Gasteiger partial charge is 0.274 e. The van der Waals surface area contributed by atoms with Gasteiger partial charge in [0.1, 0.15) is 29.7 Å². The first-order chi connectivity index (χ1) is 16.3. The number of nitrogens with one attached hydrogen (secondary N) is 1. The maximum atomic E-state index is 14.5. The Hall–Kier alpha value is -3.44. The Morgan fingerprint density at radius 1 is 1.14 bits per heavy atom. The van der Waals surface area contributed by atoms with Gasteiger partial charge in [-0.1, -0.05) is 13.0 Å². The Kier molecular flexibility index (Phi) is 9.60. The lowest BCUT2D eigenvalue weighted by Crippen LogP contribution is -2.44. The van der Waals surface area contributed by atoms with Crippen LogP contribution in [-0.2, 0) is 6.67 Å². The summed E-state index contributed by atoms with van der Waals surface area (Å²) in [7, 11) is 0. The zero-order valence-electron chi connectivity index (χ0n) is 19.3. The minimum absolute atomic E-state index is 0. The fourth-order valence-electron chi connectivity index (χ4n) is 4.47. The van der Waals surface area contributed by atoms with Crippen LogP contribution in [0.2, 0.25) is 0 Å². The van der Waals surface area contributed by atoms with E-state index in [1.165, 1.54) is 24.4 Å². The zero-order valence-corrected chi connectivity index (χ0v) is 19.3. The summed E-state index contributed by atoms with van der Waals surface area (Å²) in [6.45, 7) is 1.08. The first kappa shape index (κ1) is 28.8. The van der Waals surface area contributed by atoms with Crippen LogP contribution in [0.4, 0.5) is 28.3 Å². The lowest BCUT2D eigenvalue weighted by molar-refractivity contribution is 0.0521. The van der Waals surface area contributed by atoms with Crippen molar-refractivity contribution in [3.63, 3.8) is 0 Å². The van der Waals surface area contributed by atoms with E-state index in [0.29, 0.717) is 18.5 Å². The highest BCUT2D eigenvalue weighted by Crippen LogP contribution is 2.38. The molecule has 36 heavy (non-hydrogen) atoms. The maximum absolute atomic E-state index is 14.5. The number of alkyl halides is 1. The van der Waals surface area contributed by atoms with Gasteiger partial charge in [-0.15, -0.1) is 0 Å². The molecule has 0 aliphatic heterocycles. The number of halogens is 5. The van der Waals surface area contributed by atoms with Crippen LogP contribution in [0.5, 0.6) is 0 Å². The zero-order chi connectivity index (χ0) is 24.4. The molecule has 4 rings (SSSR count). The van der Waals surface area contributed by atoms with Gasteiger partial charge in [0.25, 0.3) is 5.91 Å². The van der Waals surface area contributed by atoms with E-state index in [9.17, 15) is 23.1 Å². The molecule has 2 heterocycles. The van der Waals surface area contributed by atoms with Crippen LogP contribution in [0.3, 0.4) is 0 Å². The molecule has 6 nitrogen and oxygen atoms in total. The molecule has 1 amide bonds. The minimum Gasteiger partial charge on any atom is -0.391 e. The number of aliphatic hydroxyl groups is 1. The average molecular weight is 511 g/mol. The number of carbonyl (C=O) groups excluding carboxylic acids is 1. The van der Waals surface area contributed by atoms with Gasteiger partial charge in [-0.05, 0) is 66.1 Å². The largest absolute Gasteiger partial charge is 0.391 e. The Morgan fingerprint density at radius 3 is 2.56 bits per heavy atom. The van der Waals surface area contributed by atoms with Gasteiger partial charge in [0.05, 0.1) is 18.0 Å². The Labute approximate surface area is 204 Å². The molecule has 0 unspecified atom stereocenters. The third kappa shape index (κ3) is 5.85. The number of amides is 1. The Balaban J connectivity index is 0.00000228. The van der Waals surface area contributed by atoms with Crippen LogP contribution in [0.25, 0.3) is 11.3 Å². The molecule has 1 aliphatic rings. The van der Waals surface area contributed by atoms with Crippen molar-refractivity contribution in [2.24, 2.45) is 11.7 Å². The van der Waals surface area contributed by atoms with E-state index >= 15 is 0 Å². The first-order valence-electron chi connectivity index (χ1n) is 11.0. The van der Waals surface area contributed by atoms with E-state index in [-0.39, 0.29) is 49.8 Å². The summed E-state index contributed by atoms with van der Waals surface area (Å²) in [6, 6.07) is 7.08. The summed E-state index contributed by atoms with van der Waals surface area (Å²) in [6.07, 6.45) is 3.76. The van der Waals surface area contributed by atoms with E-state index in [0.717, 1.165) is 17.7 Å². The summed E-state index contributed by atoms with van der Waals surface area (Å²) < 4.78 is 41.8. The van der Waals surface area contributed by atoms with Crippen LogP contribution in [-0.4, -0.2) is 33.1 Å². The van der Waals surface area contributed by atoms with Gasteiger partial charge < -0.3 is 16.2 Å². The molecular weight excluding hydrogens is 483 g/mol. The number of nitrogens with zero attached hydrogens (tertiary/aromatic N) is 2. The fourth-order valence-corrected chi connectivity index (χ4v) is 4.47. The van der Waals surface area contributed by atoms with Gasteiger partial charge in [0.15, 0.2) is 0 Å². The molecule has 0 bridgehead atoms. The lowest BCUT2D eigenvalue weighted by Gasteiger charge is -2.36. The number of pyridine rings is 2. The topological polar surface area (TPSA) is 101 Å². The Bertz CT molecular complexity index is 1200. The molecule has 1 aromatic carbocycles. The van der Waals surface area contributed by atoms with E-state index < -0.39 is 30.3 Å². The fraction of sp³-hybridized carbons (Fsp3) is 0.320. The monoisotopic (exact) mass is 510 g/mol. The number of carbonyl (C=O) groups is 1. The van der Waals surface area contributed by atoms with Crippen molar-refractivity contribution in [3.8, 4) is 11.3 Å². The van der Waals surface area contributed by atoms with Crippen molar-refractivity contribution in [1.29, 1.82) is 0 Å². The Morgan fingerprint density at radius 2 is 1.86 bits per heavy atom. The van der Waals surface area contributed by atoms with Crippen molar-refractivity contribution in [3.05, 3.63) is 77.2 Å². The average Bonchev–Trinajstić information content (AvgIpc) is 2.83. The summed E-state index contributed by atoms with van der Waals surface area (Å²) in [5.41, 5.74) is 6.79. The number of anilines is 1. The number of nitrogens with two attached hydrogens (primary N) is 1. The molecular formula is C25H27F5N4O2. The van der Waals surface area contributed by atoms with E-state index in [2.05, 4.69) is 15.3 Å². The third-order valence-corrected chi connectivity index (χ3v) is 6.30. The highest BCUT2D eigenvalue weighted by molar-refractivity contribution is 6.03. The molecule has 2 aromatic heterocycles. The normalized spacial score (nSPS) is 21.2. The summed E-state index contributed by atoms with van der Waals surface area (Å²) >= 11 is 0. The molecule has 1 aliphatic carbocycles. The van der Waals surface area contributed by atoms with Gasteiger partial charge in [0.2, 0.25) is 0 Å². The number of benzene rings is 1. The SMILES string of the molecule is C[C@H]1C[C@@H](c2ccncc2NC(=O)c2ccc(F)c(-c3cc(CF)ccc3F)n2)C[C@@H](N)[C@@H]1O.F.F. The number of hydrogen-bond donors (Lipinski definition) is 3. The van der Waals surface area contributed by atoms with E-state index in [1.54, 1.807) is 12.3 Å². The van der Waals surface area contributed by atoms with Gasteiger partial charge in [0, 0.05) is 17.8 Å². The molecule has 0 radical (unpaired) electrons. The molecule has 0 saturated heterocycles. The van der Waals surface area contributed by atoms with E-state index in [1.807, 2.05) is 6.92 Å². The van der Waals surface area contributed by atoms with Gasteiger partial charge in [-0.3, -0.25) is 19.2 Å². The molecule has 11 heteroatoms. The number of aliphatic hydroxyl groups excluding tert-OH is 1. The predicted octanol–water partition coefficient (Wildman–Crippen LogP) is 4.65. The van der Waals surface area contributed by atoms with Crippen LogP contribution in [0, 0.1) is 17.6 Å². The van der Waals surface area contributed by atoms with Crippen LogP contribution < -0.4 is 11.1 Å². The van der Waals surface area contributed by atoms with Crippen LogP contribution in [0.1, 0.15) is 47.3 Å². The molecule has 1 fully saturated rings. The summed E-state index contributed by atoms with van der Waals surface area (Å²) in [5.74, 6) is -2.26. The standard InChI is InChI=1S/C25H25F3N4O2.2FH/c1-13-8-15(10-20(29)24(13)33)16-6-7-30-12-22(16)32-25(34)21-5-4-19(28)23(31-21)17-9-14(11-26)2-3-18(17)27;;/h2-7,9,12-13,15,20,24,33H,8,10-11,29H2,1H3,(H,32,34);2*1H/t13-,15+,20+,24+;;/m0../s1. The minimum atomic E-state index is -0.848. The third-order valence-electron chi connectivity index (χ3n) is 6.30. The highest BCUT2D eigenvalue weighted by atomic mass is 19.1.